The number of aromatic nitrogens is 2. The lowest BCUT2D eigenvalue weighted by molar-refractivity contribution is -0.133. The van der Waals surface area contributed by atoms with Gasteiger partial charge in [-0.05, 0) is 48.1 Å². The molecule has 2 saturated heterocycles. The number of aliphatic hydroxyl groups is 2. The number of carbonyl (C=O) groups excluding carboxylic acids is 2. The summed E-state index contributed by atoms with van der Waals surface area (Å²) in [6, 6.07) is 12.4. The van der Waals surface area contributed by atoms with E-state index >= 15 is 0 Å². The molecule has 0 unspecified atom stereocenters. The molecule has 4 heterocycles. The van der Waals surface area contributed by atoms with Crippen LogP contribution in [-0.4, -0.2) is 86.6 Å². The van der Waals surface area contributed by atoms with E-state index in [-0.39, 0.29) is 37.1 Å². The van der Waals surface area contributed by atoms with E-state index in [1.165, 1.54) is 0 Å². The summed E-state index contributed by atoms with van der Waals surface area (Å²) in [6.45, 7) is 1.46. The number of hydrogen-bond donors (Lipinski definition) is 4. The van der Waals surface area contributed by atoms with E-state index in [1.54, 1.807) is 12.4 Å². The second-order valence-corrected chi connectivity index (χ2v) is 11.8. The molecule has 0 radical (unpaired) electrons. The number of nitrogens with one attached hydrogen (secondary N) is 2. The zero-order valence-corrected chi connectivity index (χ0v) is 24.3. The second-order valence-electron chi connectivity index (χ2n) is 11.8. The topological polar surface area (TPSA) is 138 Å². The molecule has 0 aliphatic carbocycles. The van der Waals surface area contributed by atoms with Gasteiger partial charge in [0.1, 0.15) is 11.9 Å². The number of aryl methyl sites for hydroxylation is 1. The lowest BCUT2D eigenvalue weighted by Gasteiger charge is -2.34. The molecule has 11 heteroatoms. The van der Waals surface area contributed by atoms with Crippen LogP contribution in [0.1, 0.15) is 47.3 Å². The van der Waals surface area contributed by atoms with E-state index in [1.807, 2.05) is 59.1 Å². The summed E-state index contributed by atoms with van der Waals surface area (Å²) in [7, 11) is 1.90. The van der Waals surface area contributed by atoms with Gasteiger partial charge in [0, 0.05) is 45.3 Å². The Morgan fingerprint density at radius 1 is 1.07 bits per heavy atom. The maximum absolute atomic E-state index is 13.7. The van der Waals surface area contributed by atoms with Gasteiger partial charge in [0.2, 0.25) is 5.91 Å². The summed E-state index contributed by atoms with van der Waals surface area (Å²) in [5, 5.41) is 26.2. The van der Waals surface area contributed by atoms with Gasteiger partial charge < -0.3 is 34.9 Å². The molecule has 6 rings (SSSR count). The fourth-order valence-corrected chi connectivity index (χ4v) is 6.25. The van der Waals surface area contributed by atoms with Crippen LogP contribution in [0.3, 0.4) is 0 Å². The smallest absolute Gasteiger partial charge is 0.255 e. The quantitative estimate of drug-likeness (QED) is 0.361. The van der Waals surface area contributed by atoms with E-state index in [0.29, 0.717) is 56.7 Å². The second kappa shape index (κ2) is 12.8. The third-order valence-electron chi connectivity index (χ3n) is 8.62. The monoisotopic (exact) mass is 589 g/mol. The highest BCUT2D eigenvalue weighted by Crippen LogP contribution is 2.30. The molecular weight excluding hydrogens is 550 g/mol. The highest BCUT2D eigenvalue weighted by molar-refractivity contribution is 5.98. The molecule has 0 spiro atoms. The summed E-state index contributed by atoms with van der Waals surface area (Å²) < 4.78 is 14.3. The van der Waals surface area contributed by atoms with Crippen molar-refractivity contribution in [3.63, 3.8) is 0 Å². The summed E-state index contributed by atoms with van der Waals surface area (Å²) in [5.41, 5.74) is 3.91. The van der Waals surface area contributed by atoms with Gasteiger partial charge in [-0.1, -0.05) is 30.3 Å². The maximum Gasteiger partial charge on any atom is 0.255 e. The van der Waals surface area contributed by atoms with Crippen molar-refractivity contribution in [1.29, 1.82) is 0 Å². The Morgan fingerprint density at radius 3 is 2.65 bits per heavy atom. The summed E-state index contributed by atoms with van der Waals surface area (Å²) in [5.74, 6) is 0.0573. The van der Waals surface area contributed by atoms with Crippen LogP contribution < -0.4 is 15.4 Å². The zero-order valence-electron chi connectivity index (χ0n) is 24.3. The van der Waals surface area contributed by atoms with Gasteiger partial charge in [0.05, 0.1) is 49.0 Å². The molecule has 2 amide bonds. The Kier molecular flexibility index (Phi) is 8.75. The third-order valence-corrected chi connectivity index (χ3v) is 8.62. The van der Waals surface area contributed by atoms with Crippen LogP contribution in [0.15, 0.2) is 55.0 Å². The minimum Gasteiger partial charge on any atom is -0.493 e. The average molecular weight is 590 g/mol. The summed E-state index contributed by atoms with van der Waals surface area (Å²) in [6.07, 6.45) is 4.63. The molecule has 2 fully saturated rings. The number of ether oxygens (including phenoxy) is 2. The average Bonchev–Trinajstić information content (AvgIpc) is 3.61. The van der Waals surface area contributed by atoms with Gasteiger partial charge in [-0.2, -0.15) is 0 Å². The molecule has 228 valence electrons. The van der Waals surface area contributed by atoms with Crippen LogP contribution in [-0.2, 0) is 29.7 Å². The number of hydrogen-bond acceptors (Lipinski definition) is 8. The summed E-state index contributed by atoms with van der Waals surface area (Å²) in [4.78, 5) is 33.6. The predicted octanol–water partition coefficient (Wildman–Crippen LogP) is 1.76. The van der Waals surface area contributed by atoms with Crippen molar-refractivity contribution in [2.24, 2.45) is 7.05 Å². The lowest BCUT2D eigenvalue weighted by Crippen LogP contribution is -2.50. The molecule has 0 saturated carbocycles. The molecule has 2 aromatic carbocycles. The van der Waals surface area contributed by atoms with Gasteiger partial charge in [0.25, 0.3) is 5.91 Å². The van der Waals surface area contributed by atoms with Gasteiger partial charge >= 0.3 is 0 Å². The molecule has 11 nitrogen and oxygen atoms in total. The molecule has 3 aliphatic heterocycles. The Labute approximate surface area is 250 Å². The number of imidazole rings is 1. The normalized spacial score (nSPS) is 26.7. The first kappa shape index (κ1) is 29.3. The number of rotatable bonds is 4. The fourth-order valence-electron chi connectivity index (χ4n) is 6.25. The molecule has 5 atom stereocenters. The number of likely N-dealkylation sites (tertiary alicyclic amines) is 1. The standard InChI is InChI=1S/C32H39N5O6/c1-36-15-24(34-19-36)17-37-16-23-13-27(37)32(41)33-14-30-28(39)9-7-25(43-30)10-11-42-29-12-22(6-8-26(29)31(40)35-23)21-4-2-20(18-38)3-5-21/h2-6,8,12,15,19,23,25,27-28,30,38-39H,7,9-11,13-14,16-18H2,1H3,(H,33,41)(H,35,40)/t23-,25-,27-,28-,30+/m0/s1. The highest BCUT2D eigenvalue weighted by Gasteiger charge is 2.39. The van der Waals surface area contributed by atoms with Gasteiger partial charge in [0.15, 0.2) is 0 Å². The van der Waals surface area contributed by atoms with E-state index < -0.39 is 18.2 Å². The van der Waals surface area contributed by atoms with Crippen LogP contribution in [0.2, 0.25) is 0 Å². The Hall–Kier alpha value is -3.77. The van der Waals surface area contributed by atoms with Crippen molar-refractivity contribution in [3.05, 3.63) is 71.8 Å². The van der Waals surface area contributed by atoms with Crippen LogP contribution in [0.5, 0.6) is 5.75 Å². The van der Waals surface area contributed by atoms with Gasteiger partial charge in [-0.3, -0.25) is 14.5 Å². The lowest BCUT2D eigenvalue weighted by atomic mass is 9.99. The first-order chi connectivity index (χ1) is 20.9. The number of carbonyl (C=O) groups is 2. The number of fused-ring (bicyclic) bond motifs is 5. The number of benzene rings is 2. The first-order valence-corrected chi connectivity index (χ1v) is 15.0. The van der Waals surface area contributed by atoms with Crippen molar-refractivity contribution in [2.45, 2.75) is 69.2 Å². The zero-order chi connectivity index (χ0) is 29.9. The van der Waals surface area contributed by atoms with Crippen LogP contribution in [0, 0.1) is 0 Å². The molecule has 3 aromatic rings. The molecule has 43 heavy (non-hydrogen) atoms. The van der Waals surface area contributed by atoms with Crippen LogP contribution in [0.4, 0.5) is 0 Å². The molecule has 3 aliphatic rings. The van der Waals surface area contributed by atoms with E-state index in [4.69, 9.17) is 9.47 Å². The third kappa shape index (κ3) is 6.75. The minimum absolute atomic E-state index is 0.0299. The molecule has 1 aromatic heterocycles. The SMILES string of the molecule is Cn1cnc(CN2C[C@@H]3C[C@H]2C(=O)NC[C@H]2O[C@H](CCOc4cc(-c5ccc(CO)cc5)ccc4C(=O)N3)CC[C@@H]2O)c1. The maximum atomic E-state index is 13.7. The van der Waals surface area contributed by atoms with E-state index in [9.17, 15) is 19.8 Å². The van der Waals surface area contributed by atoms with Crippen molar-refractivity contribution < 1.29 is 29.3 Å². The Balaban J connectivity index is 1.29. The predicted molar refractivity (Wildman–Crippen MR) is 158 cm³/mol. The van der Waals surface area contributed by atoms with E-state index in [2.05, 4.69) is 15.6 Å². The van der Waals surface area contributed by atoms with Gasteiger partial charge in [-0.15, -0.1) is 0 Å². The fraction of sp³-hybridized carbons (Fsp3) is 0.469. The number of aliphatic hydroxyl groups excluding tert-OH is 2. The van der Waals surface area contributed by atoms with Gasteiger partial charge in [-0.25, -0.2) is 4.98 Å². The van der Waals surface area contributed by atoms with Crippen molar-refractivity contribution >= 4 is 11.8 Å². The van der Waals surface area contributed by atoms with Crippen molar-refractivity contribution in [1.82, 2.24) is 25.1 Å². The molecule has 4 bridgehead atoms. The number of nitrogens with zero attached hydrogens (tertiary/aromatic N) is 3. The number of amides is 2. The minimum atomic E-state index is -0.655. The largest absolute Gasteiger partial charge is 0.493 e. The molecular formula is C32H39N5O6. The Bertz CT molecular complexity index is 1440. The van der Waals surface area contributed by atoms with Crippen molar-refractivity contribution in [2.75, 3.05) is 19.7 Å². The van der Waals surface area contributed by atoms with E-state index in [0.717, 1.165) is 22.4 Å². The van der Waals surface area contributed by atoms with Crippen LogP contribution >= 0.6 is 0 Å². The highest BCUT2D eigenvalue weighted by atomic mass is 16.5. The first-order valence-electron chi connectivity index (χ1n) is 15.0. The van der Waals surface area contributed by atoms with Crippen LogP contribution in [0.25, 0.3) is 11.1 Å². The summed E-state index contributed by atoms with van der Waals surface area (Å²) >= 11 is 0. The molecule has 4 N–H and O–H groups in total. The Morgan fingerprint density at radius 2 is 1.88 bits per heavy atom. The van der Waals surface area contributed by atoms with Crippen molar-refractivity contribution in [3.8, 4) is 16.9 Å².